The summed E-state index contributed by atoms with van der Waals surface area (Å²) in [4.78, 5) is 11.5. The van der Waals surface area contributed by atoms with E-state index in [-0.39, 0.29) is 36.0 Å². The topological polar surface area (TPSA) is 99.0 Å². The lowest BCUT2D eigenvalue weighted by Gasteiger charge is -2.06. The van der Waals surface area contributed by atoms with E-state index in [2.05, 4.69) is 5.32 Å². The van der Waals surface area contributed by atoms with Gasteiger partial charge in [-0.25, -0.2) is 4.79 Å². The molecule has 0 spiro atoms. The summed E-state index contributed by atoms with van der Waals surface area (Å²) in [6.45, 7) is 0.337. The minimum Gasteiger partial charge on any atom is -0.508 e. The van der Waals surface area contributed by atoms with Crippen LogP contribution in [0.15, 0.2) is 48.5 Å². The van der Waals surface area contributed by atoms with Gasteiger partial charge >= 0.3 is 6.09 Å². The van der Waals surface area contributed by atoms with Gasteiger partial charge in [0, 0.05) is 18.7 Å². The largest absolute Gasteiger partial charge is 0.508 e. The Kier molecular flexibility index (Phi) is 5.46. The van der Waals surface area contributed by atoms with Crippen LogP contribution in [-0.2, 0) is 11.3 Å². The smallest absolute Gasteiger partial charge is 0.407 e. The minimum absolute atomic E-state index is 0.155. The van der Waals surface area contributed by atoms with E-state index in [9.17, 15) is 20.1 Å². The number of hydrogen-bond acceptors (Lipinski definition) is 5. The summed E-state index contributed by atoms with van der Waals surface area (Å²) in [5, 5.41) is 30.9. The van der Waals surface area contributed by atoms with Gasteiger partial charge in [0.05, 0.1) is 5.56 Å². The van der Waals surface area contributed by atoms with Gasteiger partial charge in [0.15, 0.2) is 0 Å². The van der Waals surface area contributed by atoms with Gasteiger partial charge in [-0.3, -0.25) is 0 Å². The van der Waals surface area contributed by atoms with Crippen molar-refractivity contribution in [1.82, 2.24) is 5.32 Å². The molecular formula is C17H17NO5. The van der Waals surface area contributed by atoms with Gasteiger partial charge < -0.3 is 25.4 Å². The zero-order chi connectivity index (χ0) is 16.7. The highest BCUT2D eigenvalue weighted by Crippen LogP contribution is 2.32. The molecule has 2 aromatic rings. The lowest BCUT2D eigenvalue weighted by molar-refractivity contribution is 0.141. The van der Waals surface area contributed by atoms with Gasteiger partial charge in [0.2, 0.25) is 0 Å². The molecular weight excluding hydrogens is 298 g/mol. The van der Waals surface area contributed by atoms with E-state index in [0.29, 0.717) is 0 Å². The highest BCUT2D eigenvalue weighted by molar-refractivity contribution is 5.68. The molecule has 0 saturated carbocycles. The first-order valence-electron chi connectivity index (χ1n) is 6.92. The predicted molar refractivity (Wildman–Crippen MR) is 85.1 cm³/mol. The zero-order valence-corrected chi connectivity index (χ0v) is 12.3. The Balaban J connectivity index is 1.79. The van der Waals surface area contributed by atoms with Crippen LogP contribution in [0.1, 0.15) is 11.1 Å². The number of aromatic hydroxyl groups is 3. The summed E-state index contributed by atoms with van der Waals surface area (Å²) in [7, 11) is 0. The maximum atomic E-state index is 11.5. The Morgan fingerprint density at radius 1 is 1.09 bits per heavy atom. The number of rotatable bonds is 5. The fourth-order valence-electron chi connectivity index (χ4n) is 1.87. The first-order chi connectivity index (χ1) is 11.1. The Bertz CT molecular complexity index is 674. The third kappa shape index (κ3) is 4.96. The minimum atomic E-state index is -0.572. The molecule has 0 radical (unpaired) electrons. The van der Waals surface area contributed by atoms with E-state index in [1.54, 1.807) is 0 Å². The van der Waals surface area contributed by atoms with Crippen LogP contribution in [0.3, 0.4) is 0 Å². The van der Waals surface area contributed by atoms with Crippen molar-refractivity contribution in [3.05, 3.63) is 59.7 Å². The molecule has 2 rings (SSSR count). The number of hydrogen-bond donors (Lipinski definition) is 4. The van der Waals surface area contributed by atoms with Crippen molar-refractivity contribution in [3.8, 4) is 17.2 Å². The number of carbonyl (C=O) groups excluding carboxylic acids is 1. The van der Waals surface area contributed by atoms with Gasteiger partial charge in [0.25, 0.3) is 0 Å². The predicted octanol–water partition coefficient (Wildman–Crippen LogP) is 2.74. The first-order valence-corrected chi connectivity index (χ1v) is 6.92. The first kappa shape index (κ1) is 16.2. The number of amides is 1. The quantitative estimate of drug-likeness (QED) is 0.680. The van der Waals surface area contributed by atoms with Crippen LogP contribution in [0.4, 0.5) is 4.79 Å². The van der Waals surface area contributed by atoms with Crippen LogP contribution in [0.25, 0.3) is 6.08 Å². The third-order valence-electron chi connectivity index (χ3n) is 2.98. The molecule has 0 atom stereocenters. The number of phenols is 3. The van der Waals surface area contributed by atoms with Gasteiger partial charge in [-0.15, -0.1) is 0 Å². The number of alkyl carbamates (subject to hydrolysis) is 1. The molecule has 0 aliphatic carbocycles. The van der Waals surface area contributed by atoms with E-state index in [1.807, 2.05) is 30.3 Å². The summed E-state index contributed by atoms with van der Waals surface area (Å²) >= 11 is 0. The van der Waals surface area contributed by atoms with Crippen molar-refractivity contribution < 1.29 is 24.9 Å². The van der Waals surface area contributed by atoms with Gasteiger partial charge in [0.1, 0.15) is 23.9 Å². The second-order valence-corrected chi connectivity index (χ2v) is 4.74. The molecule has 4 N–H and O–H groups in total. The van der Waals surface area contributed by atoms with Crippen molar-refractivity contribution in [2.75, 3.05) is 6.54 Å². The summed E-state index contributed by atoms with van der Waals surface area (Å²) in [5.41, 5.74) is 1.04. The van der Waals surface area contributed by atoms with E-state index >= 15 is 0 Å². The van der Waals surface area contributed by atoms with Crippen LogP contribution in [0.5, 0.6) is 17.2 Å². The van der Waals surface area contributed by atoms with Crippen LogP contribution >= 0.6 is 0 Å². The fourth-order valence-corrected chi connectivity index (χ4v) is 1.87. The van der Waals surface area contributed by atoms with Gasteiger partial charge in [-0.2, -0.15) is 0 Å². The molecule has 0 aliphatic rings. The highest BCUT2D eigenvalue weighted by Gasteiger charge is 2.06. The Morgan fingerprint density at radius 3 is 2.39 bits per heavy atom. The summed E-state index contributed by atoms with van der Waals surface area (Å²) < 4.78 is 5.03. The molecule has 0 fully saturated rings. The molecule has 0 aliphatic heterocycles. The van der Waals surface area contributed by atoms with Crippen molar-refractivity contribution in [3.63, 3.8) is 0 Å². The Hall–Kier alpha value is -3.15. The number of phenolic OH excluding ortho intramolecular Hbond substituents is 3. The van der Waals surface area contributed by atoms with Crippen LogP contribution in [0.2, 0.25) is 0 Å². The molecule has 6 heteroatoms. The monoisotopic (exact) mass is 315 g/mol. The molecule has 6 nitrogen and oxygen atoms in total. The standard InChI is InChI=1S/C17H17NO5/c19-13-9-15(20)14(16(21)10-13)7-4-8-18-17(22)23-11-12-5-2-1-3-6-12/h1-7,9-10,19-21H,8,11H2,(H,18,22). The summed E-state index contributed by atoms with van der Waals surface area (Å²) in [6, 6.07) is 11.5. The molecule has 0 aromatic heterocycles. The number of nitrogens with one attached hydrogen (secondary N) is 1. The lowest BCUT2D eigenvalue weighted by Crippen LogP contribution is -2.24. The average molecular weight is 315 g/mol. The molecule has 120 valence electrons. The van der Waals surface area contributed by atoms with E-state index in [1.165, 1.54) is 12.2 Å². The maximum absolute atomic E-state index is 11.5. The van der Waals surface area contributed by atoms with E-state index in [0.717, 1.165) is 17.7 Å². The van der Waals surface area contributed by atoms with Crippen LogP contribution in [-0.4, -0.2) is 28.0 Å². The summed E-state index contributed by atoms with van der Waals surface area (Å²) in [5.74, 6) is -0.754. The molecule has 2 aromatic carbocycles. The van der Waals surface area contributed by atoms with Gasteiger partial charge in [-0.05, 0) is 11.6 Å². The highest BCUT2D eigenvalue weighted by atomic mass is 16.5. The van der Waals surface area contributed by atoms with Gasteiger partial charge in [-0.1, -0.05) is 36.4 Å². The average Bonchev–Trinajstić information content (AvgIpc) is 2.52. The lowest BCUT2D eigenvalue weighted by atomic mass is 10.1. The van der Waals surface area contributed by atoms with Crippen molar-refractivity contribution in [2.45, 2.75) is 6.61 Å². The number of benzene rings is 2. The summed E-state index contributed by atoms with van der Waals surface area (Å²) in [6.07, 6.45) is 2.40. The maximum Gasteiger partial charge on any atom is 0.407 e. The van der Waals surface area contributed by atoms with Crippen molar-refractivity contribution >= 4 is 12.2 Å². The molecule has 0 saturated heterocycles. The molecule has 0 unspecified atom stereocenters. The molecule has 0 bridgehead atoms. The molecule has 1 amide bonds. The van der Waals surface area contributed by atoms with Crippen LogP contribution < -0.4 is 5.32 Å². The Labute approximate surface area is 133 Å². The molecule has 23 heavy (non-hydrogen) atoms. The van der Waals surface area contributed by atoms with Crippen molar-refractivity contribution in [2.24, 2.45) is 0 Å². The SMILES string of the molecule is O=C(NCC=Cc1c(O)cc(O)cc1O)OCc1ccccc1. The fraction of sp³-hybridized carbons (Fsp3) is 0.118. The number of carbonyl (C=O) groups is 1. The third-order valence-corrected chi connectivity index (χ3v) is 2.98. The zero-order valence-electron chi connectivity index (χ0n) is 12.3. The normalized spacial score (nSPS) is 10.6. The Morgan fingerprint density at radius 2 is 1.74 bits per heavy atom. The van der Waals surface area contributed by atoms with Crippen molar-refractivity contribution in [1.29, 1.82) is 0 Å². The van der Waals surface area contributed by atoms with Crippen LogP contribution in [0, 0.1) is 0 Å². The van der Waals surface area contributed by atoms with E-state index in [4.69, 9.17) is 4.74 Å². The van der Waals surface area contributed by atoms with E-state index < -0.39 is 6.09 Å². The second kappa shape index (κ2) is 7.74. The second-order valence-electron chi connectivity index (χ2n) is 4.74. The number of ether oxygens (including phenoxy) is 1. The molecule has 0 heterocycles.